The summed E-state index contributed by atoms with van der Waals surface area (Å²) in [5.74, 6) is 2.42. The van der Waals surface area contributed by atoms with Crippen LogP contribution in [0.1, 0.15) is 6.42 Å². The lowest BCUT2D eigenvalue weighted by Crippen LogP contribution is -1.68. The molecule has 6 heavy (non-hydrogen) atoms. The highest BCUT2D eigenvalue weighted by Crippen LogP contribution is 2.47. The number of allylic oxidation sites excluding steroid dienone is 1. The van der Waals surface area contributed by atoms with Gasteiger partial charge >= 0.3 is 0 Å². The fourth-order valence-corrected chi connectivity index (χ4v) is 1.97. The Balaban J connectivity index is 2.35. The minimum Gasteiger partial charge on any atom is -0.134 e. The van der Waals surface area contributed by atoms with Crippen LogP contribution in [0.15, 0.2) is 11.0 Å². The van der Waals surface area contributed by atoms with Crippen LogP contribution in [0.2, 0.25) is 0 Å². The standard InChI is InChI=1S/C5H6S/c1-4-2-6-3-5(1)4/h2,5H,1,3H2. The molecule has 1 heterocycles. The van der Waals surface area contributed by atoms with E-state index in [9.17, 15) is 0 Å². The van der Waals surface area contributed by atoms with Gasteiger partial charge in [0.15, 0.2) is 0 Å². The fourth-order valence-electron chi connectivity index (χ4n) is 0.807. The molecule has 0 radical (unpaired) electrons. The molecule has 2 aliphatic rings. The Labute approximate surface area is 41.6 Å². The summed E-state index contributed by atoms with van der Waals surface area (Å²) in [6, 6.07) is 0. The van der Waals surface area contributed by atoms with Crippen molar-refractivity contribution < 1.29 is 0 Å². The normalized spacial score (nSPS) is 38.7. The first kappa shape index (κ1) is 3.14. The van der Waals surface area contributed by atoms with E-state index < -0.39 is 0 Å². The van der Waals surface area contributed by atoms with E-state index in [0.717, 1.165) is 5.92 Å². The van der Waals surface area contributed by atoms with Gasteiger partial charge in [0.05, 0.1) is 0 Å². The van der Waals surface area contributed by atoms with E-state index in [1.54, 1.807) is 5.57 Å². The molecule has 0 aromatic heterocycles. The Bertz CT molecular complexity index is 105. The molecule has 1 aliphatic carbocycles. The van der Waals surface area contributed by atoms with Gasteiger partial charge < -0.3 is 0 Å². The molecule has 0 bridgehead atoms. The van der Waals surface area contributed by atoms with Crippen LogP contribution in [0, 0.1) is 5.92 Å². The molecule has 1 unspecified atom stereocenters. The summed E-state index contributed by atoms with van der Waals surface area (Å²) in [7, 11) is 0. The SMILES string of the molecule is C1=C2CC2CS1. The molecule has 1 aliphatic heterocycles. The van der Waals surface area contributed by atoms with E-state index in [-0.39, 0.29) is 0 Å². The zero-order valence-corrected chi connectivity index (χ0v) is 4.29. The third-order valence-electron chi connectivity index (χ3n) is 1.38. The van der Waals surface area contributed by atoms with Crippen LogP contribution in [-0.2, 0) is 0 Å². The Hall–Kier alpha value is 0.0900. The molecule has 2 rings (SSSR count). The molecule has 0 nitrogen and oxygen atoms in total. The van der Waals surface area contributed by atoms with E-state index in [4.69, 9.17) is 0 Å². The first-order valence-electron chi connectivity index (χ1n) is 2.27. The quantitative estimate of drug-likeness (QED) is 0.444. The number of fused-ring (bicyclic) bond motifs is 1. The summed E-state index contributed by atoms with van der Waals surface area (Å²) < 4.78 is 0. The van der Waals surface area contributed by atoms with Gasteiger partial charge in [0.25, 0.3) is 0 Å². The molecule has 0 N–H and O–H groups in total. The minimum atomic E-state index is 1.04. The molecule has 0 aromatic carbocycles. The van der Waals surface area contributed by atoms with Crippen molar-refractivity contribution in [1.29, 1.82) is 0 Å². The van der Waals surface area contributed by atoms with Crippen molar-refractivity contribution in [3.05, 3.63) is 11.0 Å². The average Bonchev–Trinajstić information content (AvgIpc) is 2.17. The minimum absolute atomic E-state index is 1.04. The summed E-state index contributed by atoms with van der Waals surface area (Å²) in [6.07, 6.45) is 1.42. The number of hydrogen-bond acceptors (Lipinski definition) is 1. The van der Waals surface area contributed by atoms with Crippen LogP contribution in [0.3, 0.4) is 0 Å². The highest BCUT2D eigenvalue weighted by molar-refractivity contribution is 8.02. The van der Waals surface area contributed by atoms with Crippen molar-refractivity contribution >= 4 is 11.8 Å². The molecule has 1 heteroatoms. The molecule has 1 fully saturated rings. The molecule has 32 valence electrons. The van der Waals surface area contributed by atoms with Crippen LogP contribution in [0.5, 0.6) is 0 Å². The van der Waals surface area contributed by atoms with Crippen LogP contribution in [0.4, 0.5) is 0 Å². The lowest BCUT2D eigenvalue weighted by molar-refractivity contribution is 1.05. The van der Waals surface area contributed by atoms with Crippen molar-refractivity contribution in [2.24, 2.45) is 5.92 Å². The number of hydrogen-bond donors (Lipinski definition) is 0. The van der Waals surface area contributed by atoms with Gasteiger partial charge in [-0.3, -0.25) is 0 Å². The Morgan fingerprint density at radius 2 is 2.83 bits per heavy atom. The third kappa shape index (κ3) is 0.267. The van der Waals surface area contributed by atoms with E-state index in [2.05, 4.69) is 5.41 Å². The molecule has 0 saturated heterocycles. The lowest BCUT2D eigenvalue weighted by atomic mass is 10.5. The molecule has 1 saturated carbocycles. The lowest BCUT2D eigenvalue weighted by Gasteiger charge is -1.77. The summed E-state index contributed by atoms with van der Waals surface area (Å²) in [5.41, 5.74) is 1.71. The Morgan fingerprint density at radius 1 is 1.83 bits per heavy atom. The van der Waals surface area contributed by atoms with E-state index in [1.165, 1.54) is 12.2 Å². The molecular weight excluding hydrogens is 92.1 g/mol. The van der Waals surface area contributed by atoms with E-state index in [0.29, 0.717) is 0 Å². The van der Waals surface area contributed by atoms with Gasteiger partial charge in [-0.2, -0.15) is 0 Å². The van der Waals surface area contributed by atoms with Gasteiger partial charge in [-0.25, -0.2) is 0 Å². The number of rotatable bonds is 0. The van der Waals surface area contributed by atoms with Crippen molar-refractivity contribution in [3.8, 4) is 0 Å². The van der Waals surface area contributed by atoms with Gasteiger partial charge in [-0.15, -0.1) is 11.8 Å². The molecule has 0 amide bonds. The summed E-state index contributed by atoms with van der Waals surface area (Å²) >= 11 is 1.97. The maximum atomic E-state index is 2.31. The molecule has 1 atom stereocenters. The summed E-state index contributed by atoms with van der Waals surface area (Å²) in [6.45, 7) is 0. The van der Waals surface area contributed by atoms with Gasteiger partial charge in [0, 0.05) is 5.75 Å². The van der Waals surface area contributed by atoms with Crippen LogP contribution >= 0.6 is 11.8 Å². The zero-order chi connectivity index (χ0) is 3.98. The predicted octanol–water partition coefficient (Wildman–Crippen LogP) is 1.64. The highest BCUT2D eigenvalue weighted by Gasteiger charge is 2.32. The predicted molar refractivity (Wildman–Crippen MR) is 28.6 cm³/mol. The van der Waals surface area contributed by atoms with Crippen molar-refractivity contribution in [2.75, 3.05) is 5.75 Å². The van der Waals surface area contributed by atoms with E-state index in [1.807, 2.05) is 11.8 Å². The topological polar surface area (TPSA) is 0 Å². The third-order valence-corrected chi connectivity index (χ3v) is 2.44. The Kier molecular flexibility index (Phi) is 0.438. The van der Waals surface area contributed by atoms with Crippen molar-refractivity contribution in [2.45, 2.75) is 6.42 Å². The fraction of sp³-hybridized carbons (Fsp3) is 0.600. The molecular formula is C5H6S. The second-order valence-corrected chi connectivity index (χ2v) is 2.83. The monoisotopic (exact) mass is 98.0 g/mol. The average molecular weight is 98.2 g/mol. The second-order valence-electron chi connectivity index (χ2n) is 1.93. The van der Waals surface area contributed by atoms with Gasteiger partial charge in [-0.05, 0) is 17.7 Å². The largest absolute Gasteiger partial charge is 0.134 e. The van der Waals surface area contributed by atoms with Crippen molar-refractivity contribution in [3.63, 3.8) is 0 Å². The van der Waals surface area contributed by atoms with Crippen LogP contribution < -0.4 is 0 Å². The maximum absolute atomic E-state index is 2.31. The summed E-state index contributed by atoms with van der Waals surface area (Å²) in [5, 5.41) is 2.31. The smallest absolute Gasteiger partial charge is 0.00431 e. The first-order chi connectivity index (χ1) is 2.97. The molecule has 0 spiro atoms. The van der Waals surface area contributed by atoms with Gasteiger partial charge in [-0.1, -0.05) is 5.57 Å². The van der Waals surface area contributed by atoms with Gasteiger partial charge in [0.2, 0.25) is 0 Å². The molecule has 0 aromatic rings. The number of thioether (sulfide) groups is 1. The highest BCUT2D eigenvalue weighted by atomic mass is 32.2. The summed E-state index contributed by atoms with van der Waals surface area (Å²) in [4.78, 5) is 0. The van der Waals surface area contributed by atoms with Gasteiger partial charge in [0.1, 0.15) is 0 Å². The zero-order valence-electron chi connectivity index (χ0n) is 3.48. The second kappa shape index (κ2) is 0.836. The Morgan fingerprint density at radius 3 is 3.00 bits per heavy atom. The van der Waals surface area contributed by atoms with Crippen LogP contribution in [-0.4, -0.2) is 5.75 Å². The first-order valence-corrected chi connectivity index (χ1v) is 3.32. The van der Waals surface area contributed by atoms with Crippen molar-refractivity contribution in [1.82, 2.24) is 0 Å². The van der Waals surface area contributed by atoms with Crippen LogP contribution in [0.25, 0.3) is 0 Å². The maximum Gasteiger partial charge on any atom is 0.00431 e. The van der Waals surface area contributed by atoms with E-state index >= 15 is 0 Å².